The average molecular weight is 468 g/mol. The topological polar surface area (TPSA) is 65.5 Å². The Morgan fingerprint density at radius 3 is 2.52 bits per heavy atom. The van der Waals surface area contributed by atoms with Crippen molar-refractivity contribution in [2.24, 2.45) is 5.41 Å². The second-order valence-corrected chi connectivity index (χ2v) is 9.11. The summed E-state index contributed by atoms with van der Waals surface area (Å²) in [5.74, 6) is -6.47. The van der Waals surface area contributed by atoms with E-state index in [1.54, 1.807) is 37.3 Å². The minimum atomic E-state index is -2.94. The van der Waals surface area contributed by atoms with Crippen LogP contribution in [0.3, 0.4) is 0 Å². The van der Waals surface area contributed by atoms with Gasteiger partial charge in [0.05, 0.1) is 0 Å². The van der Waals surface area contributed by atoms with Gasteiger partial charge >= 0.3 is 0 Å². The fraction of sp³-hybridized carbons (Fsp3) is 0.500. The summed E-state index contributed by atoms with van der Waals surface area (Å²) in [5, 5.41) is 12.1. The van der Waals surface area contributed by atoms with Gasteiger partial charge in [0, 0.05) is 48.8 Å². The van der Waals surface area contributed by atoms with Gasteiger partial charge in [-0.1, -0.05) is 6.07 Å². The third-order valence-electron chi connectivity index (χ3n) is 6.64. The van der Waals surface area contributed by atoms with E-state index >= 15 is 0 Å². The van der Waals surface area contributed by atoms with E-state index in [0.717, 1.165) is 13.0 Å². The van der Waals surface area contributed by atoms with E-state index in [0.29, 0.717) is 24.5 Å². The molecule has 1 heterocycles. The molecule has 0 unspecified atom stereocenters. The molecule has 0 bridgehead atoms. The molecule has 1 aliphatic rings. The Labute approximate surface area is 190 Å². The van der Waals surface area contributed by atoms with Crippen LogP contribution in [0.1, 0.15) is 43.2 Å². The Balaban J connectivity index is 1.70. The highest BCUT2D eigenvalue weighted by Crippen LogP contribution is 2.65. The Bertz CT molecular complexity index is 976. The predicted octanol–water partition coefficient (Wildman–Crippen LogP) is 4.26. The van der Waals surface area contributed by atoms with Crippen molar-refractivity contribution in [1.29, 1.82) is 0 Å². The first kappa shape index (κ1) is 25.0. The number of likely N-dealkylation sites (N-methyl/N-ethyl adjacent to an activating group) is 1. The quantitative estimate of drug-likeness (QED) is 0.513. The van der Waals surface area contributed by atoms with Gasteiger partial charge in [0.1, 0.15) is 5.82 Å². The van der Waals surface area contributed by atoms with Crippen molar-refractivity contribution in [2.45, 2.75) is 50.5 Å². The fourth-order valence-electron chi connectivity index (χ4n) is 4.36. The lowest BCUT2D eigenvalue weighted by Crippen LogP contribution is -2.43. The number of alkyl halides is 2. The number of hydrogen-bond donors (Lipinski definition) is 2. The molecule has 180 valence electrons. The zero-order valence-corrected chi connectivity index (χ0v) is 18.9. The van der Waals surface area contributed by atoms with Crippen molar-refractivity contribution in [3.63, 3.8) is 0 Å². The van der Waals surface area contributed by atoms with E-state index in [9.17, 15) is 27.5 Å². The molecule has 1 fully saturated rings. The van der Waals surface area contributed by atoms with Crippen LogP contribution < -0.4 is 5.32 Å². The minimum absolute atomic E-state index is 0.0639. The maximum atomic E-state index is 14.5. The number of nitrogens with zero attached hydrogens (tertiary/aromatic N) is 2. The first-order valence-electron chi connectivity index (χ1n) is 10.8. The van der Waals surface area contributed by atoms with Crippen LogP contribution in [0, 0.1) is 17.0 Å². The van der Waals surface area contributed by atoms with Crippen molar-refractivity contribution >= 4 is 5.91 Å². The Hall–Kier alpha value is -2.68. The van der Waals surface area contributed by atoms with E-state index < -0.39 is 40.5 Å². The lowest BCUT2D eigenvalue weighted by molar-refractivity contribution is -0.123. The summed E-state index contributed by atoms with van der Waals surface area (Å²) in [4.78, 5) is 18.6. The molecule has 0 spiro atoms. The average Bonchev–Trinajstić information content (AvgIpc) is 3.55. The van der Waals surface area contributed by atoms with Crippen LogP contribution in [0.5, 0.6) is 5.75 Å². The van der Waals surface area contributed by atoms with Crippen LogP contribution in [0.25, 0.3) is 0 Å². The molecule has 1 aliphatic carbocycles. The van der Waals surface area contributed by atoms with E-state index in [-0.39, 0.29) is 31.0 Å². The monoisotopic (exact) mass is 467 g/mol. The van der Waals surface area contributed by atoms with Gasteiger partial charge in [0.25, 0.3) is 5.92 Å². The number of carbonyl (C=O) groups is 1. The Morgan fingerprint density at radius 2 is 1.97 bits per heavy atom. The summed E-state index contributed by atoms with van der Waals surface area (Å²) in [5.41, 5.74) is -0.618. The molecule has 0 aliphatic heterocycles. The zero-order valence-electron chi connectivity index (χ0n) is 18.9. The second-order valence-electron chi connectivity index (χ2n) is 9.11. The molecule has 0 radical (unpaired) electrons. The van der Waals surface area contributed by atoms with E-state index in [4.69, 9.17) is 0 Å². The number of hydrogen-bond acceptors (Lipinski definition) is 4. The van der Waals surface area contributed by atoms with Gasteiger partial charge in [0.15, 0.2) is 11.6 Å². The summed E-state index contributed by atoms with van der Waals surface area (Å²) < 4.78 is 56.8. The zero-order chi connectivity index (χ0) is 24.4. The molecule has 1 aromatic carbocycles. The van der Waals surface area contributed by atoms with Crippen LogP contribution in [-0.2, 0) is 11.2 Å². The first-order chi connectivity index (χ1) is 15.4. The summed E-state index contributed by atoms with van der Waals surface area (Å²) in [7, 11) is 3.47. The molecule has 9 heteroatoms. The fourth-order valence-corrected chi connectivity index (χ4v) is 4.36. The molecule has 33 heavy (non-hydrogen) atoms. The lowest BCUT2D eigenvalue weighted by atomic mass is 9.77. The van der Waals surface area contributed by atoms with Crippen LogP contribution >= 0.6 is 0 Å². The normalized spacial score (nSPS) is 17.0. The molecule has 1 amide bonds. The summed E-state index contributed by atoms with van der Waals surface area (Å²) in [6, 6.07) is 4.64. The number of carbonyl (C=O) groups excluding carboxylic acids is 1. The van der Waals surface area contributed by atoms with Crippen molar-refractivity contribution in [1.82, 2.24) is 15.2 Å². The third kappa shape index (κ3) is 5.63. The number of pyridine rings is 1. The first-order valence-corrected chi connectivity index (χ1v) is 10.8. The van der Waals surface area contributed by atoms with Gasteiger partial charge in [-0.3, -0.25) is 9.78 Å². The number of amides is 1. The molecule has 2 aromatic rings. The highest BCUT2D eigenvalue weighted by Gasteiger charge is 2.63. The molecule has 3 rings (SSSR count). The summed E-state index contributed by atoms with van der Waals surface area (Å²) >= 11 is 0. The van der Waals surface area contributed by atoms with E-state index in [1.807, 2.05) is 0 Å². The summed E-state index contributed by atoms with van der Waals surface area (Å²) in [6.45, 7) is 1.01. The summed E-state index contributed by atoms with van der Waals surface area (Å²) in [6.07, 6.45) is 3.69. The molecule has 1 aromatic heterocycles. The van der Waals surface area contributed by atoms with Gasteiger partial charge in [-0.2, -0.15) is 0 Å². The Morgan fingerprint density at radius 1 is 1.27 bits per heavy atom. The van der Waals surface area contributed by atoms with E-state index in [2.05, 4.69) is 10.3 Å². The molecular formula is C24H29F4N3O2. The molecule has 5 nitrogen and oxygen atoms in total. The van der Waals surface area contributed by atoms with Crippen LogP contribution in [-0.4, -0.2) is 53.5 Å². The van der Waals surface area contributed by atoms with Gasteiger partial charge < -0.3 is 15.3 Å². The molecule has 2 atom stereocenters. The standard InChI is InChI=1S/C24H29F4N3O2/c1-23(27,28)24(6-7-24)18(15-5-4-8-29-13-15)11-22(33)30-14-17(31(2)3)9-16-10-20(26)21(32)12-19(16)25/h4-5,8,10,12-13,17-18,32H,6-7,9,11,14H2,1-3H3,(H,30,33)/t17-,18-/m0/s1. The van der Waals surface area contributed by atoms with Gasteiger partial charge in [-0.05, 0) is 63.5 Å². The molecule has 2 N–H and O–H groups in total. The number of phenols is 1. The largest absolute Gasteiger partial charge is 0.505 e. The number of phenolic OH excluding ortho intramolecular Hbond substituents is 1. The van der Waals surface area contributed by atoms with Gasteiger partial charge in [0.2, 0.25) is 5.91 Å². The van der Waals surface area contributed by atoms with Crippen LogP contribution in [0.4, 0.5) is 17.6 Å². The van der Waals surface area contributed by atoms with Crippen molar-refractivity contribution < 1.29 is 27.5 Å². The number of halogens is 4. The SMILES string of the molecule is CN(C)[C@H](CNC(=O)C[C@@H](c1cccnc1)C1(C(C)(F)F)CC1)Cc1cc(F)c(O)cc1F. The molecule has 1 saturated carbocycles. The van der Waals surface area contributed by atoms with Crippen molar-refractivity contribution in [3.05, 3.63) is 59.4 Å². The van der Waals surface area contributed by atoms with Crippen molar-refractivity contribution in [3.8, 4) is 5.75 Å². The highest BCUT2D eigenvalue weighted by atomic mass is 19.3. The number of benzene rings is 1. The maximum Gasteiger partial charge on any atom is 0.251 e. The van der Waals surface area contributed by atoms with Gasteiger partial charge in [-0.15, -0.1) is 0 Å². The lowest BCUT2D eigenvalue weighted by Gasteiger charge is -2.32. The third-order valence-corrected chi connectivity index (χ3v) is 6.64. The highest BCUT2D eigenvalue weighted by molar-refractivity contribution is 5.77. The maximum absolute atomic E-state index is 14.5. The Kier molecular flexibility index (Phi) is 7.31. The minimum Gasteiger partial charge on any atom is -0.505 e. The number of rotatable bonds is 10. The molecule has 0 saturated heterocycles. The number of aromatic nitrogens is 1. The van der Waals surface area contributed by atoms with Crippen molar-refractivity contribution in [2.75, 3.05) is 20.6 Å². The predicted molar refractivity (Wildman–Crippen MR) is 116 cm³/mol. The smallest absolute Gasteiger partial charge is 0.251 e. The second kappa shape index (κ2) is 9.67. The van der Waals surface area contributed by atoms with Crippen LogP contribution in [0.15, 0.2) is 36.7 Å². The van der Waals surface area contributed by atoms with Crippen LogP contribution in [0.2, 0.25) is 0 Å². The van der Waals surface area contributed by atoms with E-state index in [1.165, 1.54) is 6.20 Å². The van der Waals surface area contributed by atoms with Gasteiger partial charge in [-0.25, -0.2) is 17.6 Å². The number of aromatic hydroxyl groups is 1. The molecular weight excluding hydrogens is 438 g/mol. The number of nitrogens with one attached hydrogen (secondary N) is 1.